The van der Waals surface area contributed by atoms with Crippen LogP contribution >= 0.6 is 11.6 Å². The van der Waals surface area contributed by atoms with Crippen LogP contribution in [-0.2, 0) is 4.79 Å². The molecular formula is C12H16ClN3O. The Morgan fingerprint density at radius 3 is 2.94 bits per heavy atom. The molecule has 0 aromatic carbocycles. The number of halogens is 1. The van der Waals surface area contributed by atoms with Crippen molar-refractivity contribution < 1.29 is 4.79 Å². The molecule has 0 saturated carbocycles. The van der Waals surface area contributed by atoms with Gasteiger partial charge in [-0.25, -0.2) is 4.98 Å². The van der Waals surface area contributed by atoms with Crippen molar-refractivity contribution in [2.75, 3.05) is 18.4 Å². The Bertz CT molecular complexity index is 436. The number of pyridine rings is 1. The van der Waals surface area contributed by atoms with E-state index < -0.39 is 0 Å². The summed E-state index contributed by atoms with van der Waals surface area (Å²) in [7, 11) is 0. The molecule has 2 rings (SSSR count). The van der Waals surface area contributed by atoms with Crippen LogP contribution in [0.15, 0.2) is 12.3 Å². The third-order valence-corrected chi connectivity index (χ3v) is 3.53. The summed E-state index contributed by atoms with van der Waals surface area (Å²) in [6, 6.07) is 1.83. The average molecular weight is 254 g/mol. The SMILES string of the molecule is Cc1cc(NC(=O)C2CNCC2C)cnc1Cl. The van der Waals surface area contributed by atoms with Gasteiger partial charge in [-0.15, -0.1) is 0 Å². The van der Waals surface area contributed by atoms with Gasteiger partial charge in [0.25, 0.3) is 0 Å². The van der Waals surface area contributed by atoms with Gasteiger partial charge in [-0.1, -0.05) is 18.5 Å². The molecule has 2 atom stereocenters. The number of rotatable bonds is 2. The number of hydrogen-bond acceptors (Lipinski definition) is 3. The Kier molecular flexibility index (Phi) is 3.64. The van der Waals surface area contributed by atoms with Gasteiger partial charge in [0.1, 0.15) is 5.15 Å². The monoisotopic (exact) mass is 253 g/mol. The Hall–Kier alpha value is -1.13. The number of aromatic nitrogens is 1. The Morgan fingerprint density at radius 2 is 2.35 bits per heavy atom. The molecule has 1 saturated heterocycles. The number of nitrogens with one attached hydrogen (secondary N) is 2. The van der Waals surface area contributed by atoms with Crippen molar-refractivity contribution in [3.05, 3.63) is 23.0 Å². The first-order valence-corrected chi connectivity index (χ1v) is 6.09. The molecule has 1 fully saturated rings. The van der Waals surface area contributed by atoms with E-state index in [-0.39, 0.29) is 11.8 Å². The minimum atomic E-state index is 0.0333. The van der Waals surface area contributed by atoms with Crippen molar-refractivity contribution in [2.45, 2.75) is 13.8 Å². The van der Waals surface area contributed by atoms with E-state index in [1.807, 2.05) is 13.0 Å². The molecule has 1 aliphatic heterocycles. The molecule has 2 heterocycles. The van der Waals surface area contributed by atoms with Gasteiger partial charge in [-0.2, -0.15) is 0 Å². The molecular weight excluding hydrogens is 238 g/mol. The molecule has 1 aromatic rings. The number of anilines is 1. The van der Waals surface area contributed by atoms with E-state index in [0.717, 1.165) is 18.7 Å². The maximum absolute atomic E-state index is 12.0. The quantitative estimate of drug-likeness (QED) is 0.791. The van der Waals surface area contributed by atoms with E-state index in [1.54, 1.807) is 6.20 Å². The van der Waals surface area contributed by atoms with E-state index in [0.29, 0.717) is 16.8 Å². The maximum atomic E-state index is 12.0. The standard InChI is InChI=1S/C12H16ClN3O/c1-7-3-9(5-15-11(7)13)16-12(17)10-6-14-4-8(10)2/h3,5,8,10,14H,4,6H2,1-2H3,(H,16,17). The summed E-state index contributed by atoms with van der Waals surface area (Å²) in [6.45, 7) is 5.59. The molecule has 0 spiro atoms. The number of amides is 1. The summed E-state index contributed by atoms with van der Waals surface area (Å²) in [5.74, 6) is 0.452. The predicted octanol–water partition coefficient (Wildman–Crippen LogP) is 1.84. The third kappa shape index (κ3) is 2.76. The van der Waals surface area contributed by atoms with Gasteiger partial charge in [0.2, 0.25) is 5.91 Å². The van der Waals surface area contributed by atoms with E-state index in [2.05, 4.69) is 22.5 Å². The first kappa shape index (κ1) is 12.3. The normalized spacial score (nSPS) is 23.7. The van der Waals surface area contributed by atoms with Crippen molar-refractivity contribution in [2.24, 2.45) is 11.8 Å². The van der Waals surface area contributed by atoms with Crippen molar-refractivity contribution >= 4 is 23.2 Å². The largest absolute Gasteiger partial charge is 0.324 e. The zero-order valence-electron chi connectivity index (χ0n) is 9.96. The summed E-state index contributed by atoms with van der Waals surface area (Å²) in [5.41, 5.74) is 1.57. The van der Waals surface area contributed by atoms with Crippen molar-refractivity contribution in [1.29, 1.82) is 0 Å². The minimum absolute atomic E-state index is 0.0333. The van der Waals surface area contributed by atoms with Gasteiger partial charge >= 0.3 is 0 Å². The lowest BCUT2D eigenvalue weighted by atomic mass is 9.97. The highest BCUT2D eigenvalue weighted by Crippen LogP contribution is 2.20. The van der Waals surface area contributed by atoms with Crippen LogP contribution in [0.2, 0.25) is 5.15 Å². The van der Waals surface area contributed by atoms with Crippen LogP contribution in [0.5, 0.6) is 0 Å². The maximum Gasteiger partial charge on any atom is 0.229 e. The summed E-state index contributed by atoms with van der Waals surface area (Å²) >= 11 is 5.83. The summed E-state index contributed by atoms with van der Waals surface area (Å²) in [6.07, 6.45) is 1.58. The van der Waals surface area contributed by atoms with Crippen molar-refractivity contribution in [3.8, 4) is 0 Å². The number of hydrogen-bond donors (Lipinski definition) is 2. The van der Waals surface area contributed by atoms with Crippen LogP contribution in [0.1, 0.15) is 12.5 Å². The van der Waals surface area contributed by atoms with Crippen LogP contribution in [0.25, 0.3) is 0 Å². The second-order valence-electron chi connectivity index (χ2n) is 4.56. The van der Waals surface area contributed by atoms with E-state index in [4.69, 9.17) is 11.6 Å². The van der Waals surface area contributed by atoms with Crippen LogP contribution in [0.4, 0.5) is 5.69 Å². The van der Waals surface area contributed by atoms with Gasteiger partial charge in [0.15, 0.2) is 0 Å². The fourth-order valence-electron chi connectivity index (χ4n) is 2.02. The fraction of sp³-hybridized carbons (Fsp3) is 0.500. The highest BCUT2D eigenvalue weighted by molar-refractivity contribution is 6.30. The average Bonchev–Trinajstić information content (AvgIpc) is 2.70. The minimum Gasteiger partial charge on any atom is -0.324 e. The topological polar surface area (TPSA) is 54.0 Å². The Labute approximate surface area is 106 Å². The predicted molar refractivity (Wildman–Crippen MR) is 68.1 cm³/mol. The number of carbonyl (C=O) groups excluding carboxylic acids is 1. The van der Waals surface area contributed by atoms with Gasteiger partial charge in [-0.05, 0) is 31.0 Å². The molecule has 2 N–H and O–H groups in total. The molecule has 1 aromatic heterocycles. The van der Waals surface area contributed by atoms with Gasteiger partial charge in [0, 0.05) is 6.54 Å². The van der Waals surface area contributed by atoms with Crippen LogP contribution in [-0.4, -0.2) is 24.0 Å². The summed E-state index contributed by atoms with van der Waals surface area (Å²) in [5, 5.41) is 6.57. The number of aryl methyl sites for hydroxylation is 1. The second-order valence-corrected chi connectivity index (χ2v) is 4.92. The van der Waals surface area contributed by atoms with Crippen LogP contribution in [0.3, 0.4) is 0 Å². The molecule has 2 unspecified atom stereocenters. The number of carbonyl (C=O) groups is 1. The van der Waals surface area contributed by atoms with Crippen molar-refractivity contribution in [1.82, 2.24) is 10.3 Å². The van der Waals surface area contributed by atoms with Gasteiger partial charge in [-0.3, -0.25) is 4.79 Å². The zero-order valence-corrected chi connectivity index (χ0v) is 10.7. The highest BCUT2D eigenvalue weighted by Gasteiger charge is 2.29. The van der Waals surface area contributed by atoms with E-state index in [1.165, 1.54) is 0 Å². The van der Waals surface area contributed by atoms with Gasteiger partial charge < -0.3 is 10.6 Å². The fourth-order valence-corrected chi connectivity index (χ4v) is 2.13. The smallest absolute Gasteiger partial charge is 0.229 e. The molecule has 92 valence electrons. The molecule has 0 aliphatic carbocycles. The van der Waals surface area contributed by atoms with Crippen molar-refractivity contribution in [3.63, 3.8) is 0 Å². The van der Waals surface area contributed by atoms with Crippen LogP contribution in [0, 0.1) is 18.8 Å². The lowest BCUT2D eigenvalue weighted by Gasteiger charge is -2.14. The second kappa shape index (κ2) is 5.02. The molecule has 4 nitrogen and oxygen atoms in total. The molecule has 0 bridgehead atoms. The first-order valence-electron chi connectivity index (χ1n) is 5.71. The van der Waals surface area contributed by atoms with E-state index >= 15 is 0 Å². The molecule has 1 aliphatic rings. The zero-order chi connectivity index (χ0) is 12.4. The summed E-state index contributed by atoms with van der Waals surface area (Å²) < 4.78 is 0. The Balaban J connectivity index is 2.05. The van der Waals surface area contributed by atoms with E-state index in [9.17, 15) is 4.79 Å². The number of nitrogens with zero attached hydrogens (tertiary/aromatic N) is 1. The molecule has 5 heteroatoms. The molecule has 0 radical (unpaired) electrons. The molecule has 1 amide bonds. The van der Waals surface area contributed by atoms with Crippen LogP contribution < -0.4 is 10.6 Å². The highest BCUT2D eigenvalue weighted by atomic mass is 35.5. The lowest BCUT2D eigenvalue weighted by molar-refractivity contribution is -0.120. The van der Waals surface area contributed by atoms with Gasteiger partial charge in [0.05, 0.1) is 17.8 Å². The Morgan fingerprint density at radius 1 is 1.59 bits per heavy atom. The third-order valence-electron chi connectivity index (χ3n) is 3.14. The first-order chi connectivity index (χ1) is 8.08. The lowest BCUT2D eigenvalue weighted by Crippen LogP contribution is -2.27. The molecule has 17 heavy (non-hydrogen) atoms. The summed E-state index contributed by atoms with van der Waals surface area (Å²) in [4.78, 5) is 16.0.